The van der Waals surface area contributed by atoms with Crippen molar-refractivity contribution in [3.63, 3.8) is 0 Å². The summed E-state index contributed by atoms with van der Waals surface area (Å²) in [6.07, 6.45) is 3.06. The minimum absolute atomic E-state index is 0.235. The highest BCUT2D eigenvalue weighted by Crippen LogP contribution is 2.39. The first kappa shape index (κ1) is 10.5. The number of aromatic nitrogens is 2. The third kappa shape index (κ3) is 1.64. The molecule has 1 spiro atoms. The van der Waals surface area contributed by atoms with E-state index in [-0.39, 0.29) is 5.69 Å². The molecule has 0 amide bonds. The Bertz CT molecular complexity index is 434. The molecule has 2 aliphatic rings. The number of hydrogen-bond donors (Lipinski definition) is 0. The van der Waals surface area contributed by atoms with Crippen LogP contribution in [0.1, 0.15) is 10.5 Å². The predicted octanol–water partition coefficient (Wildman–Crippen LogP) is 0.0998. The Labute approximate surface area is 98.6 Å². The van der Waals surface area contributed by atoms with Crippen LogP contribution in [0.2, 0.25) is 0 Å². The second-order valence-electron chi connectivity index (χ2n) is 4.60. The van der Waals surface area contributed by atoms with Crippen LogP contribution in [0.25, 0.3) is 0 Å². The lowest BCUT2D eigenvalue weighted by Crippen LogP contribution is -2.66. The number of carbonyl (C=O) groups excluding carboxylic acids is 1. The number of rotatable bonds is 2. The van der Waals surface area contributed by atoms with Crippen molar-refractivity contribution >= 4 is 11.8 Å². The van der Waals surface area contributed by atoms with Gasteiger partial charge in [0.25, 0.3) is 0 Å². The molecule has 0 unspecified atom stereocenters. The third-order valence-corrected chi connectivity index (χ3v) is 3.23. The number of carbonyl (C=O) groups is 1. The molecule has 17 heavy (non-hydrogen) atoms. The molecule has 1 aromatic heterocycles. The van der Waals surface area contributed by atoms with Crippen molar-refractivity contribution in [1.29, 1.82) is 0 Å². The molecule has 2 aliphatic heterocycles. The zero-order valence-corrected chi connectivity index (χ0v) is 9.55. The van der Waals surface area contributed by atoms with Gasteiger partial charge in [-0.1, -0.05) is 0 Å². The van der Waals surface area contributed by atoms with Crippen LogP contribution in [0.3, 0.4) is 0 Å². The van der Waals surface area contributed by atoms with E-state index in [9.17, 15) is 4.79 Å². The van der Waals surface area contributed by atoms with Gasteiger partial charge in [0.05, 0.1) is 38.1 Å². The Morgan fingerprint density at radius 1 is 1.41 bits per heavy atom. The van der Waals surface area contributed by atoms with Gasteiger partial charge < -0.3 is 14.4 Å². The van der Waals surface area contributed by atoms with E-state index < -0.39 is 5.97 Å². The molecule has 2 fully saturated rings. The molecule has 0 aromatic carbocycles. The summed E-state index contributed by atoms with van der Waals surface area (Å²) in [7, 11) is 1.33. The molecule has 90 valence electrons. The van der Waals surface area contributed by atoms with Gasteiger partial charge in [0.1, 0.15) is 5.82 Å². The fourth-order valence-corrected chi connectivity index (χ4v) is 2.19. The summed E-state index contributed by atoms with van der Waals surface area (Å²) in [5.41, 5.74) is 0.585. The number of hydrogen-bond acceptors (Lipinski definition) is 6. The molecule has 0 bridgehead atoms. The van der Waals surface area contributed by atoms with Gasteiger partial charge in [-0.3, -0.25) is 0 Å². The van der Waals surface area contributed by atoms with Crippen LogP contribution < -0.4 is 4.90 Å². The molecule has 6 heteroatoms. The highest BCUT2D eigenvalue weighted by atomic mass is 16.5. The second kappa shape index (κ2) is 3.66. The van der Waals surface area contributed by atoms with Gasteiger partial charge in [-0.25, -0.2) is 14.8 Å². The highest BCUT2D eigenvalue weighted by molar-refractivity contribution is 5.86. The monoisotopic (exact) mass is 235 g/mol. The Balaban J connectivity index is 1.67. The van der Waals surface area contributed by atoms with Crippen LogP contribution in [0.4, 0.5) is 5.82 Å². The Morgan fingerprint density at radius 3 is 2.65 bits per heavy atom. The van der Waals surface area contributed by atoms with Gasteiger partial charge in [0.15, 0.2) is 5.69 Å². The average molecular weight is 235 g/mol. The topological polar surface area (TPSA) is 64.5 Å². The van der Waals surface area contributed by atoms with Crippen molar-refractivity contribution in [2.75, 3.05) is 38.3 Å². The number of methoxy groups -OCH3 is 1. The van der Waals surface area contributed by atoms with E-state index in [4.69, 9.17) is 4.74 Å². The molecular formula is C11H13N3O3. The Kier molecular flexibility index (Phi) is 2.25. The van der Waals surface area contributed by atoms with Gasteiger partial charge in [-0.05, 0) is 0 Å². The van der Waals surface area contributed by atoms with Crippen LogP contribution >= 0.6 is 0 Å². The predicted molar refractivity (Wildman–Crippen MR) is 58.8 cm³/mol. The molecule has 3 heterocycles. The fourth-order valence-electron chi connectivity index (χ4n) is 2.19. The Morgan fingerprint density at radius 2 is 2.18 bits per heavy atom. The largest absolute Gasteiger partial charge is 0.464 e. The average Bonchev–Trinajstić information content (AvgIpc) is 2.25. The van der Waals surface area contributed by atoms with E-state index in [2.05, 4.69) is 19.6 Å². The van der Waals surface area contributed by atoms with E-state index in [1.165, 1.54) is 13.3 Å². The molecule has 1 aromatic rings. The van der Waals surface area contributed by atoms with Gasteiger partial charge in [-0.2, -0.15) is 0 Å². The quantitative estimate of drug-likeness (QED) is 0.677. The van der Waals surface area contributed by atoms with Gasteiger partial charge >= 0.3 is 5.97 Å². The minimum Gasteiger partial charge on any atom is -0.464 e. The van der Waals surface area contributed by atoms with E-state index in [1.807, 2.05) is 0 Å². The third-order valence-electron chi connectivity index (χ3n) is 3.23. The van der Waals surface area contributed by atoms with Crippen molar-refractivity contribution in [1.82, 2.24) is 9.97 Å². The number of ether oxygens (including phenoxy) is 2. The molecule has 2 saturated heterocycles. The second-order valence-corrected chi connectivity index (χ2v) is 4.60. The van der Waals surface area contributed by atoms with Crippen molar-refractivity contribution in [3.8, 4) is 0 Å². The maximum absolute atomic E-state index is 11.2. The minimum atomic E-state index is -0.462. The number of esters is 1. The highest BCUT2D eigenvalue weighted by Gasteiger charge is 2.49. The summed E-state index contributed by atoms with van der Waals surface area (Å²) in [5, 5.41) is 0. The molecule has 0 radical (unpaired) electrons. The van der Waals surface area contributed by atoms with Gasteiger partial charge in [0.2, 0.25) is 0 Å². The van der Waals surface area contributed by atoms with Gasteiger partial charge in [-0.15, -0.1) is 0 Å². The van der Waals surface area contributed by atoms with E-state index in [0.717, 1.165) is 32.1 Å². The van der Waals surface area contributed by atoms with Crippen LogP contribution in [0.5, 0.6) is 0 Å². The van der Waals surface area contributed by atoms with Gasteiger partial charge in [0, 0.05) is 13.1 Å². The van der Waals surface area contributed by atoms with E-state index >= 15 is 0 Å². The number of nitrogens with zero attached hydrogens (tertiary/aromatic N) is 3. The van der Waals surface area contributed by atoms with Crippen LogP contribution in [0.15, 0.2) is 12.4 Å². The van der Waals surface area contributed by atoms with Crippen LogP contribution in [-0.4, -0.2) is 49.4 Å². The summed E-state index contributed by atoms with van der Waals surface area (Å²) in [6, 6.07) is 0. The summed E-state index contributed by atoms with van der Waals surface area (Å²) in [6.45, 7) is 3.60. The summed E-state index contributed by atoms with van der Waals surface area (Å²) in [5.74, 6) is 0.340. The lowest BCUT2D eigenvalue weighted by Gasteiger charge is -2.55. The summed E-state index contributed by atoms with van der Waals surface area (Å²) < 4.78 is 9.77. The van der Waals surface area contributed by atoms with Crippen LogP contribution in [0, 0.1) is 5.41 Å². The first-order valence-corrected chi connectivity index (χ1v) is 5.46. The first-order valence-electron chi connectivity index (χ1n) is 5.46. The molecule has 0 saturated carbocycles. The molecule has 0 aliphatic carbocycles. The fraction of sp³-hybridized carbons (Fsp3) is 0.545. The SMILES string of the molecule is COC(=O)c1cnc(N2CC3(COC3)C2)cn1. The number of anilines is 1. The lowest BCUT2D eigenvalue weighted by atomic mass is 9.78. The van der Waals surface area contributed by atoms with E-state index in [0.29, 0.717) is 5.41 Å². The molecule has 3 rings (SSSR count). The molecule has 0 atom stereocenters. The zero-order valence-electron chi connectivity index (χ0n) is 9.55. The molecule has 0 N–H and O–H groups in total. The van der Waals surface area contributed by atoms with Crippen molar-refractivity contribution in [2.24, 2.45) is 5.41 Å². The normalized spacial score (nSPS) is 20.6. The van der Waals surface area contributed by atoms with Crippen molar-refractivity contribution in [3.05, 3.63) is 18.1 Å². The lowest BCUT2D eigenvalue weighted by molar-refractivity contribution is -0.127. The first-order chi connectivity index (χ1) is 8.22. The standard InChI is InChI=1S/C11H13N3O3/c1-16-10(15)8-2-13-9(3-12-8)14-4-11(5-14)6-17-7-11/h2-3H,4-7H2,1H3. The Hall–Kier alpha value is -1.69. The maximum Gasteiger partial charge on any atom is 0.358 e. The van der Waals surface area contributed by atoms with Crippen molar-refractivity contribution in [2.45, 2.75) is 0 Å². The summed E-state index contributed by atoms with van der Waals surface area (Å²) >= 11 is 0. The summed E-state index contributed by atoms with van der Waals surface area (Å²) in [4.78, 5) is 21.6. The van der Waals surface area contributed by atoms with E-state index in [1.54, 1.807) is 6.20 Å². The molecule has 6 nitrogen and oxygen atoms in total. The van der Waals surface area contributed by atoms with Crippen LogP contribution in [-0.2, 0) is 9.47 Å². The smallest absolute Gasteiger partial charge is 0.358 e. The van der Waals surface area contributed by atoms with Crippen molar-refractivity contribution < 1.29 is 14.3 Å². The molecular weight excluding hydrogens is 222 g/mol. The maximum atomic E-state index is 11.2. The zero-order chi connectivity index (χ0) is 11.9.